The lowest BCUT2D eigenvalue weighted by Crippen LogP contribution is -2.35. The second-order valence-electron chi connectivity index (χ2n) is 7.66. The van der Waals surface area contributed by atoms with Crippen LogP contribution in [0.4, 0.5) is 29.1 Å². The average molecular weight is 448 g/mol. The number of aliphatic hydroxyl groups is 1. The zero-order chi connectivity index (χ0) is 23.0. The van der Waals surface area contributed by atoms with Crippen LogP contribution in [-0.2, 0) is 0 Å². The van der Waals surface area contributed by atoms with Gasteiger partial charge in [0.15, 0.2) is 11.7 Å². The largest absolute Gasteiger partial charge is 0.410 e. The number of nitrogens with zero attached hydrogens (tertiary/aromatic N) is 2. The molecule has 0 spiro atoms. The molecule has 10 heteroatoms. The van der Waals surface area contributed by atoms with Crippen molar-refractivity contribution in [3.63, 3.8) is 0 Å². The summed E-state index contributed by atoms with van der Waals surface area (Å²) in [6.45, 7) is 1.57. The number of halogens is 4. The Balaban J connectivity index is 1.62. The average Bonchev–Trinajstić information content (AvgIpc) is 3.17. The summed E-state index contributed by atoms with van der Waals surface area (Å²) >= 11 is 0. The molecule has 3 atom stereocenters. The first-order valence-electron chi connectivity index (χ1n) is 9.89. The van der Waals surface area contributed by atoms with Gasteiger partial charge in [-0.1, -0.05) is 24.3 Å². The molecule has 1 amide bonds. The van der Waals surface area contributed by atoms with E-state index in [1.807, 2.05) is 0 Å². The van der Waals surface area contributed by atoms with Gasteiger partial charge in [0, 0.05) is 18.2 Å². The molecule has 1 aliphatic rings. The molecule has 6 nitrogen and oxygen atoms in total. The second-order valence-corrected chi connectivity index (χ2v) is 7.66. The van der Waals surface area contributed by atoms with Crippen molar-refractivity contribution in [1.82, 2.24) is 9.78 Å². The maximum atomic E-state index is 13.8. The minimum absolute atomic E-state index is 0.0378. The lowest BCUT2D eigenvalue weighted by atomic mass is 9.97. The smallest absolute Gasteiger partial charge is 0.389 e. The Kier molecular flexibility index (Phi) is 5.64. The Morgan fingerprint density at radius 2 is 1.94 bits per heavy atom. The minimum atomic E-state index is -4.60. The fourth-order valence-electron chi connectivity index (χ4n) is 3.67. The molecule has 0 aliphatic carbocycles. The predicted molar refractivity (Wildman–Crippen MR) is 110 cm³/mol. The first-order valence-corrected chi connectivity index (χ1v) is 9.89. The normalized spacial score (nSPS) is 19.1. The Morgan fingerprint density at radius 3 is 2.59 bits per heavy atom. The third kappa shape index (κ3) is 4.45. The number of hydrogen-bond donors (Lipinski definition) is 3. The Labute approximate surface area is 180 Å². The van der Waals surface area contributed by atoms with Gasteiger partial charge in [0.25, 0.3) is 5.91 Å². The highest BCUT2D eigenvalue weighted by atomic mass is 19.4. The van der Waals surface area contributed by atoms with Gasteiger partial charge in [-0.2, -0.15) is 18.3 Å². The summed E-state index contributed by atoms with van der Waals surface area (Å²) in [5.41, 5.74) is 1.26. The van der Waals surface area contributed by atoms with Gasteiger partial charge in [0.1, 0.15) is 11.6 Å². The van der Waals surface area contributed by atoms with Crippen LogP contribution in [0.15, 0.2) is 54.6 Å². The summed E-state index contributed by atoms with van der Waals surface area (Å²) in [6.07, 6.45) is -5.70. The van der Waals surface area contributed by atoms with E-state index in [1.54, 1.807) is 31.2 Å². The standard InChI is InChI=1S/C22H20F4N4O2/c1-12(31)14-3-2-4-16(9-14)27-21(32)18-11-20-28-17(13-5-7-15(23)8-6-13)10-19(22(24,25)26)30(20)29-18/h2-9,11-12,17,19,28,31H,10H2,1H3,(H,27,32)/t12-,17+,19+/m0/s1. The van der Waals surface area contributed by atoms with E-state index in [0.717, 1.165) is 4.68 Å². The van der Waals surface area contributed by atoms with Crippen molar-refractivity contribution < 1.29 is 27.5 Å². The monoisotopic (exact) mass is 448 g/mol. The molecule has 1 aromatic heterocycles. The van der Waals surface area contributed by atoms with E-state index in [9.17, 15) is 27.5 Å². The molecule has 168 valence electrons. The molecule has 0 saturated carbocycles. The summed E-state index contributed by atoms with van der Waals surface area (Å²) in [7, 11) is 0. The van der Waals surface area contributed by atoms with Crippen molar-refractivity contribution in [2.24, 2.45) is 0 Å². The number of nitrogens with one attached hydrogen (secondary N) is 2. The van der Waals surface area contributed by atoms with E-state index >= 15 is 0 Å². The number of alkyl halides is 3. The molecule has 0 bridgehead atoms. The van der Waals surface area contributed by atoms with Gasteiger partial charge in [-0.25, -0.2) is 9.07 Å². The van der Waals surface area contributed by atoms with Gasteiger partial charge in [-0.15, -0.1) is 0 Å². The van der Waals surface area contributed by atoms with Crippen LogP contribution in [0.1, 0.15) is 53.1 Å². The van der Waals surface area contributed by atoms with Crippen molar-refractivity contribution in [3.05, 3.63) is 77.2 Å². The van der Waals surface area contributed by atoms with Gasteiger partial charge in [0.05, 0.1) is 12.1 Å². The van der Waals surface area contributed by atoms with Crippen molar-refractivity contribution >= 4 is 17.4 Å². The molecule has 3 aromatic rings. The van der Waals surface area contributed by atoms with Gasteiger partial charge >= 0.3 is 6.18 Å². The Morgan fingerprint density at radius 1 is 1.22 bits per heavy atom. The highest BCUT2D eigenvalue weighted by molar-refractivity contribution is 6.03. The van der Waals surface area contributed by atoms with Crippen LogP contribution in [-0.4, -0.2) is 27.0 Å². The maximum Gasteiger partial charge on any atom is 0.410 e. The molecule has 3 N–H and O–H groups in total. The topological polar surface area (TPSA) is 79.2 Å². The summed E-state index contributed by atoms with van der Waals surface area (Å²) < 4.78 is 55.3. The molecule has 2 aromatic carbocycles. The highest BCUT2D eigenvalue weighted by Gasteiger charge is 2.46. The van der Waals surface area contributed by atoms with Crippen LogP contribution in [0.25, 0.3) is 0 Å². The number of benzene rings is 2. The molecule has 4 rings (SSSR count). The van der Waals surface area contributed by atoms with Crippen LogP contribution in [0.5, 0.6) is 0 Å². The summed E-state index contributed by atoms with van der Waals surface area (Å²) in [5, 5.41) is 19.1. The third-order valence-corrected chi connectivity index (χ3v) is 5.32. The number of anilines is 2. The first kappa shape index (κ1) is 21.8. The van der Waals surface area contributed by atoms with E-state index in [1.165, 1.54) is 30.3 Å². The molecule has 0 radical (unpaired) electrons. The SMILES string of the molecule is C[C@H](O)c1cccc(NC(=O)c2cc3n(n2)[C@@H](C(F)(F)F)C[C@H](c2ccc(F)cc2)N3)c1. The summed E-state index contributed by atoms with van der Waals surface area (Å²) in [6, 6.07) is 10.3. The summed E-state index contributed by atoms with van der Waals surface area (Å²) in [4.78, 5) is 12.7. The fraction of sp³-hybridized carbons (Fsp3) is 0.273. The molecule has 0 saturated heterocycles. The molecule has 0 fully saturated rings. The quantitative estimate of drug-likeness (QED) is 0.492. The van der Waals surface area contributed by atoms with E-state index in [-0.39, 0.29) is 17.9 Å². The molecule has 32 heavy (non-hydrogen) atoms. The predicted octanol–water partition coefficient (Wildman–Crippen LogP) is 4.99. The maximum absolute atomic E-state index is 13.8. The molecule has 2 heterocycles. The van der Waals surface area contributed by atoms with Crippen LogP contribution >= 0.6 is 0 Å². The van der Waals surface area contributed by atoms with Gasteiger partial charge in [0.2, 0.25) is 0 Å². The molecular formula is C22H20F4N4O2. The fourth-order valence-corrected chi connectivity index (χ4v) is 3.67. The number of hydrogen-bond acceptors (Lipinski definition) is 4. The molecule has 1 aliphatic heterocycles. The lowest BCUT2D eigenvalue weighted by molar-refractivity contribution is -0.173. The first-order chi connectivity index (χ1) is 15.1. The van der Waals surface area contributed by atoms with Crippen molar-refractivity contribution in [1.29, 1.82) is 0 Å². The summed E-state index contributed by atoms with van der Waals surface area (Å²) in [5.74, 6) is -1.13. The number of aliphatic hydroxyl groups excluding tert-OH is 1. The highest BCUT2D eigenvalue weighted by Crippen LogP contribution is 2.43. The minimum Gasteiger partial charge on any atom is -0.389 e. The molecular weight excluding hydrogens is 428 g/mol. The van der Waals surface area contributed by atoms with Crippen LogP contribution in [0.2, 0.25) is 0 Å². The number of fused-ring (bicyclic) bond motifs is 1. The number of rotatable bonds is 4. The van der Waals surface area contributed by atoms with Crippen molar-refractivity contribution in [2.75, 3.05) is 10.6 Å². The van der Waals surface area contributed by atoms with Crippen LogP contribution < -0.4 is 10.6 Å². The number of amides is 1. The zero-order valence-corrected chi connectivity index (χ0v) is 16.9. The zero-order valence-electron chi connectivity index (χ0n) is 16.9. The van der Waals surface area contributed by atoms with Crippen molar-refractivity contribution in [2.45, 2.75) is 37.7 Å². The van der Waals surface area contributed by atoms with E-state index in [0.29, 0.717) is 16.8 Å². The van der Waals surface area contributed by atoms with E-state index < -0.39 is 36.1 Å². The van der Waals surface area contributed by atoms with Crippen molar-refractivity contribution in [3.8, 4) is 0 Å². The van der Waals surface area contributed by atoms with Gasteiger partial charge in [-0.3, -0.25) is 4.79 Å². The Bertz CT molecular complexity index is 1130. The van der Waals surface area contributed by atoms with Gasteiger partial charge < -0.3 is 15.7 Å². The van der Waals surface area contributed by atoms with E-state index in [2.05, 4.69) is 15.7 Å². The number of carbonyl (C=O) groups excluding carboxylic acids is 1. The van der Waals surface area contributed by atoms with Crippen LogP contribution in [0, 0.1) is 5.82 Å². The molecule has 0 unspecified atom stereocenters. The van der Waals surface area contributed by atoms with Gasteiger partial charge in [-0.05, 0) is 42.3 Å². The lowest BCUT2D eigenvalue weighted by Gasteiger charge is -2.33. The Hall–Kier alpha value is -3.40. The number of carbonyl (C=O) groups is 1. The van der Waals surface area contributed by atoms with Crippen LogP contribution in [0.3, 0.4) is 0 Å². The second kappa shape index (κ2) is 8.27. The third-order valence-electron chi connectivity index (χ3n) is 5.32. The van der Waals surface area contributed by atoms with E-state index in [4.69, 9.17) is 0 Å². The number of aromatic nitrogens is 2.